The van der Waals surface area contributed by atoms with Gasteiger partial charge < -0.3 is 9.84 Å². The van der Waals surface area contributed by atoms with Crippen molar-refractivity contribution in [3.05, 3.63) is 29.8 Å². The smallest absolute Gasteiger partial charge is 0.118 e. The molecule has 0 spiro atoms. The standard InChI is InChI=1S/C12H16O2/c1-14-11-4-2-9(3-5-11)12-8-10(12)6-7-13/h2-5,10,12-13H,6-8H2,1H3. The maximum atomic E-state index is 8.80. The number of rotatable bonds is 4. The van der Waals surface area contributed by atoms with Crippen molar-refractivity contribution in [1.29, 1.82) is 0 Å². The third-order valence-corrected chi connectivity index (χ3v) is 2.97. The summed E-state index contributed by atoms with van der Waals surface area (Å²) in [5, 5.41) is 8.80. The average Bonchev–Trinajstić information content (AvgIpc) is 2.98. The number of aliphatic hydroxyl groups excluding tert-OH is 1. The van der Waals surface area contributed by atoms with Gasteiger partial charge in [0.25, 0.3) is 0 Å². The van der Waals surface area contributed by atoms with Gasteiger partial charge >= 0.3 is 0 Å². The Hall–Kier alpha value is -1.02. The van der Waals surface area contributed by atoms with Gasteiger partial charge in [0.05, 0.1) is 7.11 Å². The van der Waals surface area contributed by atoms with Crippen LogP contribution in [0, 0.1) is 5.92 Å². The SMILES string of the molecule is COc1ccc(C2CC2CCO)cc1. The van der Waals surface area contributed by atoms with Crippen LogP contribution < -0.4 is 4.74 Å². The fourth-order valence-corrected chi connectivity index (χ4v) is 1.99. The van der Waals surface area contributed by atoms with Crippen molar-refractivity contribution < 1.29 is 9.84 Å². The molecule has 1 fully saturated rings. The van der Waals surface area contributed by atoms with E-state index < -0.39 is 0 Å². The third-order valence-electron chi connectivity index (χ3n) is 2.97. The molecule has 2 unspecified atom stereocenters. The first kappa shape index (κ1) is 9.53. The molecular formula is C12H16O2. The van der Waals surface area contributed by atoms with Crippen molar-refractivity contribution in [3.8, 4) is 5.75 Å². The molecule has 1 N–H and O–H groups in total. The first-order valence-corrected chi connectivity index (χ1v) is 5.10. The average molecular weight is 192 g/mol. The molecule has 1 aliphatic carbocycles. The van der Waals surface area contributed by atoms with Gasteiger partial charge in [0.2, 0.25) is 0 Å². The minimum Gasteiger partial charge on any atom is -0.497 e. The highest BCUT2D eigenvalue weighted by molar-refractivity contribution is 5.32. The maximum Gasteiger partial charge on any atom is 0.118 e. The van der Waals surface area contributed by atoms with Crippen molar-refractivity contribution >= 4 is 0 Å². The van der Waals surface area contributed by atoms with E-state index in [1.807, 2.05) is 12.1 Å². The van der Waals surface area contributed by atoms with E-state index >= 15 is 0 Å². The predicted octanol–water partition coefficient (Wildman–Crippen LogP) is 2.18. The highest BCUT2D eigenvalue weighted by Crippen LogP contribution is 2.49. The quantitative estimate of drug-likeness (QED) is 0.792. The van der Waals surface area contributed by atoms with Gasteiger partial charge in [-0.15, -0.1) is 0 Å². The number of hydrogen-bond acceptors (Lipinski definition) is 2. The lowest BCUT2D eigenvalue weighted by Crippen LogP contribution is -1.88. The minimum atomic E-state index is 0.317. The molecule has 2 rings (SSSR count). The van der Waals surface area contributed by atoms with Crippen LogP contribution in [0.2, 0.25) is 0 Å². The lowest BCUT2D eigenvalue weighted by Gasteiger charge is -2.02. The lowest BCUT2D eigenvalue weighted by atomic mass is 10.1. The van der Waals surface area contributed by atoms with Crippen LogP contribution in [0.25, 0.3) is 0 Å². The first-order chi connectivity index (χ1) is 6.85. The van der Waals surface area contributed by atoms with Gasteiger partial charge in [-0.1, -0.05) is 12.1 Å². The summed E-state index contributed by atoms with van der Waals surface area (Å²) < 4.78 is 5.10. The number of ether oxygens (including phenoxy) is 1. The van der Waals surface area contributed by atoms with E-state index in [0.29, 0.717) is 18.4 Å². The summed E-state index contributed by atoms with van der Waals surface area (Å²) in [7, 11) is 1.68. The normalized spacial score (nSPS) is 24.7. The molecule has 2 nitrogen and oxygen atoms in total. The molecule has 1 aromatic carbocycles. The zero-order chi connectivity index (χ0) is 9.97. The number of hydrogen-bond donors (Lipinski definition) is 1. The molecule has 2 heteroatoms. The highest BCUT2D eigenvalue weighted by atomic mass is 16.5. The summed E-state index contributed by atoms with van der Waals surface area (Å²) in [4.78, 5) is 0. The molecule has 1 saturated carbocycles. The van der Waals surface area contributed by atoms with Gasteiger partial charge in [-0.25, -0.2) is 0 Å². The van der Waals surface area contributed by atoms with E-state index in [1.165, 1.54) is 12.0 Å². The Bertz CT molecular complexity index is 292. The second-order valence-corrected chi connectivity index (χ2v) is 3.89. The number of aliphatic hydroxyl groups is 1. The van der Waals surface area contributed by atoms with Gasteiger partial charge in [0, 0.05) is 6.61 Å². The molecule has 1 aliphatic rings. The van der Waals surface area contributed by atoms with Crippen LogP contribution in [0.5, 0.6) is 5.75 Å². The minimum absolute atomic E-state index is 0.317. The molecule has 0 aromatic heterocycles. The molecule has 0 bridgehead atoms. The van der Waals surface area contributed by atoms with E-state index in [2.05, 4.69) is 12.1 Å². The van der Waals surface area contributed by atoms with Crippen LogP contribution in [-0.4, -0.2) is 18.8 Å². The van der Waals surface area contributed by atoms with E-state index in [1.54, 1.807) is 7.11 Å². The molecule has 0 saturated heterocycles. The van der Waals surface area contributed by atoms with Crippen LogP contribution >= 0.6 is 0 Å². The Morgan fingerprint density at radius 1 is 1.36 bits per heavy atom. The highest BCUT2D eigenvalue weighted by Gasteiger charge is 2.37. The Morgan fingerprint density at radius 3 is 2.64 bits per heavy atom. The van der Waals surface area contributed by atoms with Crippen molar-refractivity contribution in [2.75, 3.05) is 13.7 Å². The van der Waals surface area contributed by atoms with E-state index in [-0.39, 0.29) is 0 Å². The van der Waals surface area contributed by atoms with Gasteiger partial charge in [-0.05, 0) is 42.4 Å². The second kappa shape index (κ2) is 4.01. The summed E-state index contributed by atoms with van der Waals surface area (Å²) in [5.41, 5.74) is 1.38. The van der Waals surface area contributed by atoms with Crippen molar-refractivity contribution in [1.82, 2.24) is 0 Å². The zero-order valence-electron chi connectivity index (χ0n) is 8.44. The fraction of sp³-hybridized carbons (Fsp3) is 0.500. The summed E-state index contributed by atoms with van der Waals surface area (Å²) >= 11 is 0. The Morgan fingerprint density at radius 2 is 2.07 bits per heavy atom. The van der Waals surface area contributed by atoms with Crippen LogP contribution in [0.15, 0.2) is 24.3 Å². The molecule has 1 aromatic rings. The number of benzene rings is 1. The molecule has 14 heavy (non-hydrogen) atoms. The maximum absolute atomic E-state index is 8.80. The second-order valence-electron chi connectivity index (χ2n) is 3.89. The fourth-order valence-electron chi connectivity index (χ4n) is 1.99. The molecule has 0 aliphatic heterocycles. The Labute approximate surface area is 84.5 Å². The Balaban J connectivity index is 1.98. The topological polar surface area (TPSA) is 29.5 Å². The zero-order valence-corrected chi connectivity index (χ0v) is 8.44. The van der Waals surface area contributed by atoms with E-state index in [9.17, 15) is 0 Å². The molecule has 0 radical (unpaired) electrons. The van der Waals surface area contributed by atoms with E-state index in [4.69, 9.17) is 9.84 Å². The van der Waals surface area contributed by atoms with E-state index in [0.717, 1.165) is 12.2 Å². The number of methoxy groups -OCH3 is 1. The van der Waals surface area contributed by atoms with Gasteiger partial charge in [0.1, 0.15) is 5.75 Å². The molecule has 2 atom stereocenters. The summed E-state index contributed by atoms with van der Waals surface area (Å²) in [6.07, 6.45) is 2.17. The predicted molar refractivity (Wildman–Crippen MR) is 55.5 cm³/mol. The van der Waals surface area contributed by atoms with Crippen molar-refractivity contribution in [2.24, 2.45) is 5.92 Å². The van der Waals surface area contributed by atoms with Crippen LogP contribution in [0.3, 0.4) is 0 Å². The van der Waals surface area contributed by atoms with Gasteiger partial charge in [-0.2, -0.15) is 0 Å². The van der Waals surface area contributed by atoms with Crippen LogP contribution in [0.4, 0.5) is 0 Å². The van der Waals surface area contributed by atoms with Crippen molar-refractivity contribution in [2.45, 2.75) is 18.8 Å². The first-order valence-electron chi connectivity index (χ1n) is 5.10. The summed E-state index contributed by atoms with van der Waals surface area (Å²) in [6.45, 7) is 0.317. The summed E-state index contributed by atoms with van der Waals surface area (Å²) in [6, 6.07) is 8.26. The Kier molecular flexibility index (Phi) is 2.73. The molecule has 0 heterocycles. The van der Waals surface area contributed by atoms with Gasteiger partial charge in [0.15, 0.2) is 0 Å². The van der Waals surface area contributed by atoms with Gasteiger partial charge in [-0.3, -0.25) is 0 Å². The van der Waals surface area contributed by atoms with Crippen LogP contribution in [-0.2, 0) is 0 Å². The molecular weight excluding hydrogens is 176 g/mol. The largest absolute Gasteiger partial charge is 0.497 e. The third kappa shape index (κ3) is 1.90. The monoisotopic (exact) mass is 192 g/mol. The lowest BCUT2D eigenvalue weighted by molar-refractivity contribution is 0.279. The molecule has 0 amide bonds. The molecule has 76 valence electrons. The summed E-state index contributed by atoms with van der Waals surface area (Å²) in [5.74, 6) is 2.29. The van der Waals surface area contributed by atoms with Crippen molar-refractivity contribution in [3.63, 3.8) is 0 Å². The van der Waals surface area contributed by atoms with Crippen LogP contribution in [0.1, 0.15) is 24.3 Å².